The molecule has 4 heteroatoms. The summed E-state index contributed by atoms with van der Waals surface area (Å²) in [5, 5.41) is 3.01. The molecule has 98 valence electrons. The summed E-state index contributed by atoms with van der Waals surface area (Å²) in [6.45, 7) is 4.63. The summed E-state index contributed by atoms with van der Waals surface area (Å²) in [6.07, 6.45) is 2.13. The van der Waals surface area contributed by atoms with Gasteiger partial charge >= 0.3 is 0 Å². The number of carbonyl (C=O) groups is 1. The quantitative estimate of drug-likeness (QED) is 0.800. The molecule has 4 nitrogen and oxygen atoms in total. The second kappa shape index (κ2) is 5.40. The molecule has 0 spiro atoms. The third-order valence-electron chi connectivity index (χ3n) is 3.36. The molecule has 0 saturated heterocycles. The van der Waals surface area contributed by atoms with Crippen LogP contribution in [0.25, 0.3) is 0 Å². The zero-order valence-corrected chi connectivity index (χ0v) is 10.9. The van der Waals surface area contributed by atoms with Crippen LogP contribution in [-0.4, -0.2) is 24.7 Å². The number of benzene rings is 1. The molecular weight excluding hydrogens is 228 g/mol. The van der Waals surface area contributed by atoms with E-state index in [4.69, 9.17) is 10.5 Å². The van der Waals surface area contributed by atoms with Crippen molar-refractivity contribution in [2.75, 3.05) is 12.3 Å². The Balaban J connectivity index is 1.87. The second-order valence-corrected chi connectivity index (χ2v) is 4.79. The normalized spacial score (nSPS) is 22.3. The summed E-state index contributed by atoms with van der Waals surface area (Å²) in [5.41, 5.74) is 8.05. The lowest BCUT2D eigenvalue weighted by Gasteiger charge is -2.35. The molecule has 18 heavy (non-hydrogen) atoms. The Hall–Kier alpha value is -1.55. The minimum atomic E-state index is -0.0296. The predicted octanol–water partition coefficient (Wildman–Crippen LogP) is 1.87. The number of carbonyl (C=O) groups excluding carboxylic acids is 1. The monoisotopic (exact) mass is 248 g/mol. The molecule has 0 aromatic heterocycles. The van der Waals surface area contributed by atoms with Gasteiger partial charge in [-0.15, -0.1) is 0 Å². The first-order valence-electron chi connectivity index (χ1n) is 6.38. The molecular formula is C14H20N2O2. The van der Waals surface area contributed by atoms with Crippen molar-refractivity contribution in [1.82, 2.24) is 5.32 Å². The van der Waals surface area contributed by atoms with Crippen molar-refractivity contribution in [1.29, 1.82) is 0 Å². The average Bonchev–Trinajstić information content (AvgIpc) is 2.30. The van der Waals surface area contributed by atoms with Crippen LogP contribution in [0.3, 0.4) is 0 Å². The van der Waals surface area contributed by atoms with E-state index in [-0.39, 0.29) is 11.9 Å². The van der Waals surface area contributed by atoms with Gasteiger partial charge in [0, 0.05) is 23.9 Å². The van der Waals surface area contributed by atoms with Gasteiger partial charge in [-0.3, -0.25) is 4.79 Å². The van der Waals surface area contributed by atoms with Crippen molar-refractivity contribution < 1.29 is 9.53 Å². The molecule has 1 amide bonds. The van der Waals surface area contributed by atoms with E-state index in [0.717, 1.165) is 25.0 Å². The Bertz CT molecular complexity index is 439. The van der Waals surface area contributed by atoms with E-state index in [1.54, 1.807) is 12.1 Å². The third kappa shape index (κ3) is 2.82. The molecule has 0 bridgehead atoms. The lowest BCUT2D eigenvalue weighted by molar-refractivity contribution is -0.00862. The van der Waals surface area contributed by atoms with Gasteiger partial charge in [0.2, 0.25) is 0 Å². The molecule has 1 aromatic carbocycles. The van der Waals surface area contributed by atoms with Crippen LogP contribution >= 0.6 is 0 Å². The van der Waals surface area contributed by atoms with E-state index in [2.05, 4.69) is 5.32 Å². The zero-order valence-electron chi connectivity index (χ0n) is 10.9. The maximum absolute atomic E-state index is 12.0. The molecule has 1 aliphatic carbocycles. The fourth-order valence-electron chi connectivity index (χ4n) is 2.14. The van der Waals surface area contributed by atoms with Gasteiger partial charge in [-0.2, -0.15) is 0 Å². The predicted molar refractivity (Wildman–Crippen MR) is 71.5 cm³/mol. The average molecular weight is 248 g/mol. The smallest absolute Gasteiger partial charge is 0.251 e. The zero-order chi connectivity index (χ0) is 13.1. The topological polar surface area (TPSA) is 64.3 Å². The Kier molecular flexibility index (Phi) is 3.87. The highest BCUT2D eigenvalue weighted by Crippen LogP contribution is 2.23. The van der Waals surface area contributed by atoms with Gasteiger partial charge in [-0.25, -0.2) is 0 Å². The molecule has 0 unspecified atom stereocenters. The standard InChI is InChI=1S/C14H20N2O2/c1-3-18-12-7-11(8-12)16-14(17)10-4-5-13(15)9(2)6-10/h4-6,11-12H,3,7-8,15H2,1-2H3,(H,16,17). The molecule has 1 fully saturated rings. The highest BCUT2D eigenvalue weighted by atomic mass is 16.5. The highest BCUT2D eigenvalue weighted by Gasteiger charge is 2.30. The lowest BCUT2D eigenvalue weighted by atomic mass is 9.89. The minimum absolute atomic E-state index is 0.0296. The molecule has 1 aliphatic rings. The van der Waals surface area contributed by atoms with Crippen LogP contribution in [0, 0.1) is 6.92 Å². The number of nitrogen functional groups attached to an aromatic ring is 1. The molecule has 1 saturated carbocycles. The van der Waals surface area contributed by atoms with Crippen molar-refractivity contribution in [2.24, 2.45) is 0 Å². The molecule has 0 atom stereocenters. The van der Waals surface area contributed by atoms with E-state index in [9.17, 15) is 4.79 Å². The van der Waals surface area contributed by atoms with Crippen LogP contribution in [0.5, 0.6) is 0 Å². The van der Waals surface area contributed by atoms with Gasteiger partial charge in [0.05, 0.1) is 6.10 Å². The van der Waals surface area contributed by atoms with Crippen molar-refractivity contribution in [2.45, 2.75) is 38.8 Å². The summed E-state index contributed by atoms with van der Waals surface area (Å²) >= 11 is 0. The number of hydrogen-bond acceptors (Lipinski definition) is 3. The van der Waals surface area contributed by atoms with Crippen LogP contribution in [0.15, 0.2) is 18.2 Å². The van der Waals surface area contributed by atoms with E-state index >= 15 is 0 Å². The maximum atomic E-state index is 12.0. The number of rotatable bonds is 4. The Morgan fingerprint density at radius 1 is 1.50 bits per heavy atom. The van der Waals surface area contributed by atoms with Crippen molar-refractivity contribution >= 4 is 11.6 Å². The SMILES string of the molecule is CCOC1CC(NC(=O)c2ccc(N)c(C)c2)C1. The van der Waals surface area contributed by atoms with E-state index in [0.29, 0.717) is 17.4 Å². The second-order valence-electron chi connectivity index (χ2n) is 4.79. The summed E-state index contributed by atoms with van der Waals surface area (Å²) in [6, 6.07) is 5.60. The fraction of sp³-hybridized carbons (Fsp3) is 0.500. The minimum Gasteiger partial charge on any atom is -0.399 e. The van der Waals surface area contributed by atoms with Gasteiger partial charge in [-0.1, -0.05) is 0 Å². The molecule has 3 N–H and O–H groups in total. The number of ether oxygens (including phenoxy) is 1. The number of nitrogens with two attached hydrogens (primary N) is 1. The van der Waals surface area contributed by atoms with Gasteiger partial charge in [0.25, 0.3) is 5.91 Å². The van der Waals surface area contributed by atoms with Crippen LogP contribution in [-0.2, 0) is 4.74 Å². The molecule has 0 aliphatic heterocycles. The van der Waals surface area contributed by atoms with Gasteiger partial charge in [-0.05, 0) is 50.5 Å². The van der Waals surface area contributed by atoms with E-state index < -0.39 is 0 Å². The van der Waals surface area contributed by atoms with Gasteiger partial charge < -0.3 is 15.8 Å². The van der Waals surface area contributed by atoms with Crippen LogP contribution in [0.2, 0.25) is 0 Å². The summed E-state index contributed by atoms with van der Waals surface area (Å²) in [4.78, 5) is 12.0. The summed E-state index contributed by atoms with van der Waals surface area (Å²) < 4.78 is 5.46. The maximum Gasteiger partial charge on any atom is 0.251 e. The van der Waals surface area contributed by atoms with Crippen molar-refractivity contribution in [3.05, 3.63) is 29.3 Å². The van der Waals surface area contributed by atoms with Crippen LogP contribution < -0.4 is 11.1 Å². The first-order valence-corrected chi connectivity index (χ1v) is 6.38. The first kappa shape index (κ1) is 12.9. The molecule has 2 rings (SSSR count). The van der Waals surface area contributed by atoms with Crippen molar-refractivity contribution in [3.8, 4) is 0 Å². The van der Waals surface area contributed by atoms with Crippen LogP contribution in [0.1, 0.15) is 35.7 Å². The highest BCUT2D eigenvalue weighted by molar-refractivity contribution is 5.95. The Labute approximate surface area is 108 Å². The van der Waals surface area contributed by atoms with Crippen LogP contribution in [0.4, 0.5) is 5.69 Å². The summed E-state index contributed by atoms with van der Waals surface area (Å²) in [5.74, 6) is -0.0296. The number of amides is 1. The van der Waals surface area contributed by atoms with E-state index in [1.165, 1.54) is 0 Å². The summed E-state index contributed by atoms with van der Waals surface area (Å²) in [7, 11) is 0. The number of nitrogens with one attached hydrogen (secondary N) is 1. The first-order chi connectivity index (χ1) is 8.60. The van der Waals surface area contributed by atoms with Crippen molar-refractivity contribution in [3.63, 3.8) is 0 Å². The van der Waals surface area contributed by atoms with E-state index in [1.807, 2.05) is 19.9 Å². The Morgan fingerprint density at radius 2 is 2.22 bits per heavy atom. The largest absolute Gasteiger partial charge is 0.399 e. The number of hydrogen-bond donors (Lipinski definition) is 2. The lowest BCUT2D eigenvalue weighted by Crippen LogP contribution is -2.47. The van der Waals surface area contributed by atoms with Gasteiger partial charge in [0.15, 0.2) is 0 Å². The Morgan fingerprint density at radius 3 is 2.83 bits per heavy atom. The number of aryl methyl sites for hydroxylation is 1. The molecule has 0 heterocycles. The number of anilines is 1. The third-order valence-corrected chi connectivity index (χ3v) is 3.36. The fourth-order valence-corrected chi connectivity index (χ4v) is 2.14. The van der Waals surface area contributed by atoms with Gasteiger partial charge in [0.1, 0.15) is 0 Å². The molecule has 0 radical (unpaired) electrons. The molecule has 1 aromatic rings.